The number of hydrogen-bond acceptors (Lipinski definition) is 7. The van der Waals surface area contributed by atoms with Gasteiger partial charge in [-0.2, -0.15) is 0 Å². The summed E-state index contributed by atoms with van der Waals surface area (Å²) in [5.74, 6) is 1.00. The highest BCUT2D eigenvalue weighted by Gasteiger charge is 2.65. The molecule has 9 atom stereocenters. The van der Waals surface area contributed by atoms with Gasteiger partial charge in [-0.15, -0.1) is 0 Å². The normalized spacial score (nSPS) is 38.7. The minimum Gasteiger partial charge on any atom is -0.469 e. The molecule has 0 spiro atoms. The number of fused-ring (bicyclic) bond motifs is 5. The van der Waals surface area contributed by atoms with Gasteiger partial charge in [-0.25, -0.2) is 4.85 Å². The van der Waals surface area contributed by atoms with E-state index >= 15 is 0 Å². The Morgan fingerprint density at radius 2 is 1.84 bits per heavy atom. The Hall–Kier alpha value is -2.05. The minimum atomic E-state index is -0.421. The number of rotatable bonds is 10. The second-order valence-electron chi connectivity index (χ2n) is 12.0. The molecule has 4 rings (SSSR count). The fourth-order valence-corrected chi connectivity index (χ4v) is 8.51. The van der Waals surface area contributed by atoms with E-state index in [1.54, 1.807) is 14.2 Å². The highest BCUT2D eigenvalue weighted by Crippen LogP contribution is 2.67. The third-order valence-electron chi connectivity index (χ3n) is 10.4. The average Bonchev–Trinajstić information content (AvgIpc) is 3.27. The van der Waals surface area contributed by atoms with Gasteiger partial charge >= 0.3 is 5.97 Å². The molecule has 8 heteroatoms. The second-order valence-corrected chi connectivity index (χ2v) is 12.0. The number of carbonyl (C=O) groups excluding carboxylic acids is 2. The lowest BCUT2D eigenvalue weighted by Gasteiger charge is -2.61. The maximum atomic E-state index is 12.7. The van der Waals surface area contributed by atoms with Crippen molar-refractivity contribution in [1.29, 1.82) is 0 Å². The molecule has 38 heavy (non-hydrogen) atoms. The summed E-state index contributed by atoms with van der Waals surface area (Å²) in [4.78, 5) is 28.2. The summed E-state index contributed by atoms with van der Waals surface area (Å²) >= 11 is 0. The molecule has 0 aliphatic heterocycles. The predicted octanol–water partition coefficient (Wildman–Crippen LogP) is 4.94. The molecule has 2 saturated carbocycles. The lowest BCUT2D eigenvalue weighted by Crippen LogP contribution is -2.60. The van der Waals surface area contributed by atoms with Gasteiger partial charge in [-0.05, 0) is 55.3 Å². The van der Waals surface area contributed by atoms with Gasteiger partial charge in [-0.3, -0.25) is 4.79 Å². The zero-order valence-electron chi connectivity index (χ0n) is 23.7. The van der Waals surface area contributed by atoms with E-state index in [1.165, 1.54) is 7.11 Å². The fourth-order valence-electron chi connectivity index (χ4n) is 8.51. The van der Waals surface area contributed by atoms with Crippen molar-refractivity contribution in [2.24, 2.45) is 40.4 Å². The number of methoxy groups -OCH3 is 3. The van der Waals surface area contributed by atoms with Crippen LogP contribution in [0.2, 0.25) is 0 Å². The van der Waals surface area contributed by atoms with Crippen molar-refractivity contribution in [2.45, 2.75) is 71.5 Å². The van der Waals surface area contributed by atoms with E-state index in [4.69, 9.17) is 30.3 Å². The van der Waals surface area contributed by atoms with Crippen LogP contribution < -0.4 is 0 Å². The van der Waals surface area contributed by atoms with Crippen LogP contribution in [0.1, 0.15) is 59.3 Å². The predicted molar refractivity (Wildman–Crippen MR) is 140 cm³/mol. The van der Waals surface area contributed by atoms with Crippen LogP contribution in [0, 0.1) is 47.0 Å². The molecule has 4 aliphatic carbocycles. The Kier molecular flexibility index (Phi) is 8.83. The zero-order valence-corrected chi connectivity index (χ0v) is 23.7. The molecule has 0 radical (unpaired) electrons. The highest BCUT2D eigenvalue weighted by molar-refractivity contribution is 6.00. The molecule has 0 unspecified atom stereocenters. The van der Waals surface area contributed by atoms with Gasteiger partial charge in [0.25, 0.3) is 0 Å². The van der Waals surface area contributed by atoms with Crippen LogP contribution in [-0.4, -0.2) is 58.9 Å². The maximum Gasteiger partial charge on any atom is 0.305 e. The Morgan fingerprint density at radius 1 is 1.13 bits per heavy atom. The standard InChI is InChI=1S/C30H43NO7/c1-18(8-11-27(33)36-7)20-9-10-21-28-22(14-26(30(20,21)3)38-17-35-6)29(2)15-23(31-4)24(32)12-19(29)13-25(28)37-16-34-5/h13,15,18,20-22,25-26,28H,8-12,14,16-17H2,1-3,5-7H3/t18-,20-,21+,22+,25-,26+,28+,29+,30-/m1/s1. The number of ketones is 1. The molecule has 0 heterocycles. The molecule has 8 nitrogen and oxygen atoms in total. The van der Waals surface area contributed by atoms with Crippen molar-refractivity contribution in [1.82, 2.24) is 0 Å². The van der Waals surface area contributed by atoms with Crippen molar-refractivity contribution in [3.8, 4) is 0 Å². The maximum absolute atomic E-state index is 12.7. The van der Waals surface area contributed by atoms with E-state index in [-0.39, 0.29) is 66.9 Å². The molecule has 210 valence electrons. The van der Waals surface area contributed by atoms with Gasteiger partial charge in [0.05, 0.1) is 25.9 Å². The van der Waals surface area contributed by atoms with Crippen LogP contribution in [0.4, 0.5) is 0 Å². The summed E-state index contributed by atoms with van der Waals surface area (Å²) in [6.45, 7) is 14.8. The average molecular weight is 530 g/mol. The van der Waals surface area contributed by atoms with Crippen LogP contribution in [-0.2, 0) is 33.3 Å². The third-order valence-corrected chi connectivity index (χ3v) is 10.4. The van der Waals surface area contributed by atoms with E-state index in [9.17, 15) is 9.59 Å². The van der Waals surface area contributed by atoms with Crippen LogP contribution in [0.25, 0.3) is 4.85 Å². The SMILES string of the molecule is [C-]#[N+]C1=C[C@@]2(C)C(=C[C@@H](OCOC)[C@H]3[C@@H]4CC[C@H]([C@H](C)CCC(=O)OC)[C@@]4(C)[C@@H](OCOC)C[C@@H]32)CC1=O. The number of allylic oxidation sites excluding steroid dienone is 3. The van der Waals surface area contributed by atoms with Crippen molar-refractivity contribution in [3.05, 3.63) is 34.8 Å². The largest absolute Gasteiger partial charge is 0.469 e. The highest BCUT2D eigenvalue weighted by atomic mass is 16.7. The van der Waals surface area contributed by atoms with E-state index < -0.39 is 5.41 Å². The number of hydrogen-bond donors (Lipinski definition) is 0. The van der Waals surface area contributed by atoms with Crippen LogP contribution in [0.5, 0.6) is 0 Å². The molecule has 2 fully saturated rings. The lowest BCUT2D eigenvalue weighted by atomic mass is 9.46. The van der Waals surface area contributed by atoms with Crippen LogP contribution in [0.3, 0.4) is 0 Å². The topological polar surface area (TPSA) is 84.7 Å². The van der Waals surface area contributed by atoms with Crippen LogP contribution in [0.15, 0.2) is 23.4 Å². The number of Topliss-reactive ketones (excluding diaryl/α,β-unsaturated/α-hetero) is 1. The summed E-state index contributed by atoms with van der Waals surface area (Å²) in [5.41, 5.74) is 0.703. The number of carbonyl (C=O) groups is 2. The molecule has 0 aromatic heterocycles. The first-order valence-electron chi connectivity index (χ1n) is 13.8. The number of nitrogens with zero attached hydrogens (tertiary/aromatic N) is 1. The summed E-state index contributed by atoms with van der Waals surface area (Å²) in [5, 5.41) is 0. The van der Waals surface area contributed by atoms with Gasteiger partial charge in [-0.1, -0.05) is 38.5 Å². The molecule has 0 amide bonds. The molecular weight excluding hydrogens is 486 g/mol. The molecule has 4 aliphatic rings. The van der Waals surface area contributed by atoms with Gasteiger partial charge < -0.3 is 28.5 Å². The monoisotopic (exact) mass is 529 g/mol. The van der Waals surface area contributed by atoms with E-state index in [0.29, 0.717) is 24.2 Å². The van der Waals surface area contributed by atoms with E-state index in [2.05, 4.69) is 31.7 Å². The molecular formula is C30H43NO7. The van der Waals surface area contributed by atoms with E-state index in [1.807, 2.05) is 6.08 Å². The summed E-state index contributed by atoms with van der Waals surface area (Å²) in [7, 11) is 4.71. The first kappa shape index (κ1) is 28.9. The molecule has 0 saturated heterocycles. The van der Waals surface area contributed by atoms with Crippen molar-refractivity contribution < 1.29 is 33.3 Å². The van der Waals surface area contributed by atoms with Crippen molar-refractivity contribution in [2.75, 3.05) is 34.9 Å². The second kappa shape index (κ2) is 11.6. The van der Waals surface area contributed by atoms with Crippen LogP contribution >= 0.6 is 0 Å². The molecule has 0 N–H and O–H groups in total. The summed E-state index contributed by atoms with van der Waals surface area (Å²) in [6, 6.07) is 0. The first-order valence-corrected chi connectivity index (χ1v) is 13.8. The van der Waals surface area contributed by atoms with Gasteiger partial charge in [0.1, 0.15) is 13.6 Å². The minimum absolute atomic E-state index is 0.0663. The Balaban J connectivity index is 1.76. The van der Waals surface area contributed by atoms with Gasteiger partial charge in [0, 0.05) is 37.9 Å². The molecule has 0 aromatic carbocycles. The molecule has 0 aromatic rings. The zero-order chi connectivity index (χ0) is 27.7. The molecule has 0 bridgehead atoms. The van der Waals surface area contributed by atoms with E-state index in [0.717, 1.165) is 31.3 Å². The summed E-state index contributed by atoms with van der Waals surface area (Å²) in [6.07, 6.45) is 8.11. The lowest BCUT2D eigenvalue weighted by molar-refractivity contribution is -0.207. The van der Waals surface area contributed by atoms with Gasteiger partial charge in [0.15, 0.2) is 5.78 Å². The first-order chi connectivity index (χ1) is 18.1. The number of esters is 1. The van der Waals surface area contributed by atoms with Gasteiger partial charge in [0.2, 0.25) is 5.70 Å². The fraction of sp³-hybridized carbons (Fsp3) is 0.767. The summed E-state index contributed by atoms with van der Waals surface area (Å²) < 4.78 is 28.4. The smallest absolute Gasteiger partial charge is 0.305 e. The number of ether oxygens (including phenoxy) is 5. The van der Waals surface area contributed by atoms with Crippen molar-refractivity contribution >= 4 is 11.8 Å². The quantitative estimate of drug-likeness (QED) is 0.171. The Morgan fingerprint density at radius 3 is 2.50 bits per heavy atom. The van der Waals surface area contributed by atoms with Crippen molar-refractivity contribution in [3.63, 3.8) is 0 Å². The third kappa shape index (κ3) is 4.88. The Bertz CT molecular complexity index is 1010. The Labute approximate surface area is 226 Å².